The van der Waals surface area contributed by atoms with E-state index in [4.69, 9.17) is 5.73 Å². The quantitative estimate of drug-likeness (QED) is 0.797. The molecule has 21 heavy (non-hydrogen) atoms. The van der Waals surface area contributed by atoms with E-state index >= 15 is 0 Å². The highest BCUT2D eigenvalue weighted by molar-refractivity contribution is 5.78. The Bertz CT molecular complexity index is 792. The largest absolute Gasteiger partial charge is 0.324 e. The molecule has 104 valence electrons. The summed E-state index contributed by atoms with van der Waals surface area (Å²) in [5.41, 5.74) is 12.3. The summed E-state index contributed by atoms with van der Waals surface area (Å²) in [6.45, 7) is 0. The molecule has 4 rings (SSSR count). The first-order valence-electron chi connectivity index (χ1n) is 7.36. The number of fused-ring (bicyclic) bond motifs is 2. The summed E-state index contributed by atoms with van der Waals surface area (Å²) in [4.78, 5) is 8.81. The molecule has 0 saturated heterocycles. The number of benzene rings is 2. The summed E-state index contributed by atoms with van der Waals surface area (Å²) in [5, 5.41) is 0. The molecule has 0 bridgehead atoms. The van der Waals surface area contributed by atoms with Crippen molar-refractivity contribution in [3.63, 3.8) is 0 Å². The van der Waals surface area contributed by atoms with Crippen molar-refractivity contribution in [3.8, 4) is 0 Å². The van der Waals surface area contributed by atoms with Gasteiger partial charge in [0.1, 0.15) is 0 Å². The van der Waals surface area contributed by atoms with E-state index in [1.807, 2.05) is 12.1 Å². The van der Waals surface area contributed by atoms with Crippen molar-refractivity contribution in [3.05, 3.63) is 71.5 Å². The summed E-state index contributed by atoms with van der Waals surface area (Å²) in [6.07, 6.45) is 5.56. The smallest absolute Gasteiger partial charge is 0.0934 e. The Kier molecular flexibility index (Phi) is 2.93. The van der Waals surface area contributed by atoms with Crippen molar-refractivity contribution < 1.29 is 0 Å². The second-order valence-corrected chi connectivity index (χ2v) is 5.71. The molecule has 0 aliphatic heterocycles. The van der Waals surface area contributed by atoms with Gasteiger partial charge in [-0.3, -0.25) is 9.97 Å². The van der Waals surface area contributed by atoms with Gasteiger partial charge in [-0.2, -0.15) is 0 Å². The van der Waals surface area contributed by atoms with Crippen LogP contribution in [0.4, 0.5) is 0 Å². The van der Waals surface area contributed by atoms with Gasteiger partial charge in [0.05, 0.1) is 11.0 Å². The molecule has 0 fully saturated rings. The first-order valence-corrected chi connectivity index (χ1v) is 7.36. The maximum Gasteiger partial charge on any atom is 0.0934 e. The van der Waals surface area contributed by atoms with E-state index in [1.54, 1.807) is 12.4 Å². The van der Waals surface area contributed by atoms with Crippen LogP contribution in [0.15, 0.2) is 54.9 Å². The van der Waals surface area contributed by atoms with Gasteiger partial charge in [-0.15, -0.1) is 0 Å². The molecule has 3 nitrogen and oxygen atoms in total. The predicted octanol–water partition coefficient (Wildman–Crippen LogP) is 3.36. The molecule has 1 heterocycles. The second kappa shape index (κ2) is 4.93. The lowest BCUT2D eigenvalue weighted by Crippen LogP contribution is -2.23. The van der Waals surface area contributed by atoms with Crippen LogP contribution < -0.4 is 5.73 Å². The van der Waals surface area contributed by atoms with Gasteiger partial charge in [0, 0.05) is 18.4 Å². The molecule has 3 heteroatoms. The van der Waals surface area contributed by atoms with Crippen LogP contribution in [0, 0.1) is 0 Å². The van der Waals surface area contributed by atoms with Gasteiger partial charge in [-0.05, 0) is 41.5 Å². The van der Waals surface area contributed by atoms with E-state index in [2.05, 4.69) is 40.3 Å². The van der Waals surface area contributed by atoms with Gasteiger partial charge in [0.15, 0.2) is 0 Å². The van der Waals surface area contributed by atoms with Gasteiger partial charge < -0.3 is 5.73 Å². The molecular formula is C18H17N3. The van der Waals surface area contributed by atoms with Crippen molar-refractivity contribution >= 4 is 11.0 Å². The first-order chi connectivity index (χ1) is 10.3. The summed E-state index contributed by atoms with van der Waals surface area (Å²) in [6, 6.07) is 14.7. The van der Waals surface area contributed by atoms with Crippen LogP contribution in [0.25, 0.3) is 11.0 Å². The van der Waals surface area contributed by atoms with Crippen LogP contribution >= 0.6 is 0 Å². The van der Waals surface area contributed by atoms with Crippen molar-refractivity contribution in [2.24, 2.45) is 5.73 Å². The number of para-hydroxylation sites is 1. The van der Waals surface area contributed by atoms with Crippen molar-refractivity contribution in [2.75, 3.05) is 0 Å². The molecule has 3 aromatic rings. The molecular weight excluding hydrogens is 258 g/mol. The fourth-order valence-corrected chi connectivity index (χ4v) is 3.32. The maximum atomic E-state index is 6.46. The fraction of sp³-hybridized carbons (Fsp3) is 0.222. The SMILES string of the molecule is NC(CC1Cc2ccccc21)c1cccc2nccnc12. The number of hydrogen-bond donors (Lipinski definition) is 1. The third-order valence-corrected chi connectivity index (χ3v) is 4.43. The molecule has 0 spiro atoms. The summed E-state index contributed by atoms with van der Waals surface area (Å²) in [5.74, 6) is 0.572. The Hall–Kier alpha value is -2.26. The van der Waals surface area contributed by atoms with Crippen molar-refractivity contribution in [1.82, 2.24) is 9.97 Å². The topological polar surface area (TPSA) is 51.8 Å². The Labute approximate surface area is 123 Å². The van der Waals surface area contributed by atoms with Gasteiger partial charge in [-0.1, -0.05) is 36.4 Å². The average Bonchev–Trinajstić information content (AvgIpc) is 2.52. The number of hydrogen-bond acceptors (Lipinski definition) is 3. The molecule has 1 aliphatic rings. The molecule has 2 atom stereocenters. The van der Waals surface area contributed by atoms with E-state index < -0.39 is 0 Å². The summed E-state index contributed by atoms with van der Waals surface area (Å²) in [7, 11) is 0. The Morgan fingerprint density at radius 2 is 1.90 bits per heavy atom. The van der Waals surface area contributed by atoms with E-state index in [1.165, 1.54) is 11.1 Å². The van der Waals surface area contributed by atoms with Crippen molar-refractivity contribution in [1.29, 1.82) is 0 Å². The second-order valence-electron chi connectivity index (χ2n) is 5.71. The van der Waals surface area contributed by atoms with Crippen LogP contribution in [0.1, 0.15) is 35.1 Å². The lowest BCUT2D eigenvalue weighted by Gasteiger charge is -2.32. The van der Waals surface area contributed by atoms with E-state index in [9.17, 15) is 0 Å². The van der Waals surface area contributed by atoms with Crippen LogP contribution in [0.5, 0.6) is 0 Å². The molecule has 2 unspecified atom stereocenters. The predicted molar refractivity (Wildman–Crippen MR) is 84.0 cm³/mol. The normalized spacial score (nSPS) is 18.0. The maximum absolute atomic E-state index is 6.46. The lowest BCUT2D eigenvalue weighted by molar-refractivity contribution is 0.500. The monoisotopic (exact) mass is 275 g/mol. The van der Waals surface area contributed by atoms with E-state index in [0.29, 0.717) is 5.92 Å². The number of nitrogens with two attached hydrogens (primary N) is 1. The van der Waals surface area contributed by atoms with Crippen LogP contribution in [-0.2, 0) is 6.42 Å². The molecule has 2 aromatic carbocycles. The minimum absolute atomic E-state index is 0.00348. The highest BCUT2D eigenvalue weighted by atomic mass is 14.8. The van der Waals surface area contributed by atoms with Crippen LogP contribution in [0.2, 0.25) is 0 Å². The molecule has 0 radical (unpaired) electrons. The first kappa shape index (κ1) is 12.5. The highest BCUT2D eigenvalue weighted by Gasteiger charge is 2.27. The fourth-order valence-electron chi connectivity index (χ4n) is 3.32. The minimum Gasteiger partial charge on any atom is -0.324 e. The van der Waals surface area contributed by atoms with E-state index in [-0.39, 0.29) is 6.04 Å². The van der Waals surface area contributed by atoms with Gasteiger partial charge >= 0.3 is 0 Å². The standard InChI is InChI=1S/C18H17N3/c19-16(11-13-10-12-4-1-2-5-14(12)13)15-6-3-7-17-18(15)21-9-8-20-17/h1-9,13,16H,10-11,19H2. The molecule has 0 amide bonds. The van der Waals surface area contributed by atoms with Gasteiger partial charge in [0.25, 0.3) is 0 Å². The minimum atomic E-state index is 0.00348. The molecule has 0 saturated carbocycles. The third-order valence-electron chi connectivity index (χ3n) is 4.43. The van der Waals surface area contributed by atoms with Crippen LogP contribution in [-0.4, -0.2) is 9.97 Å². The molecule has 1 aromatic heterocycles. The van der Waals surface area contributed by atoms with Crippen LogP contribution in [0.3, 0.4) is 0 Å². The van der Waals surface area contributed by atoms with E-state index in [0.717, 1.165) is 29.4 Å². The third kappa shape index (κ3) is 2.10. The Morgan fingerprint density at radius 1 is 1.05 bits per heavy atom. The molecule has 2 N–H and O–H groups in total. The number of aromatic nitrogens is 2. The zero-order valence-corrected chi connectivity index (χ0v) is 11.7. The summed E-state index contributed by atoms with van der Waals surface area (Å²) < 4.78 is 0. The van der Waals surface area contributed by atoms with Crippen molar-refractivity contribution in [2.45, 2.75) is 24.8 Å². The Morgan fingerprint density at radius 3 is 2.81 bits per heavy atom. The zero-order chi connectivity index (χ0) is 14.2. The number of nitrogens with zero attached hydrogens (tertiary/aromatic N) is 2. The highest BCUT2D eigenvalue weighted by Crippen LogP contribution is 2.40. The van der Waals surface area contributed by atoms with Gasteiger partial charge in [-0.25, -0.2) is 0 Å². The van der Waals surface area contributed by atoms with Gasteiger partial charge in [0.2, 0.25) is 0 Å². The Balaban J connectivity index is 1.62. The molecule has 1 aliphatic carbocycles. The number of rotatable bonds is 3. The summed E-state index contributed by atoms with van der Waals surface area (Å²) >= 11 is 0. The average molecular weight is 275 g/mol. The zero-order valence-electron chi connectivity index (χ0n) is 11.7. The lowest BCUT2D eigenvalue weighted by atomic mass is 9.74.